The first kappa shape index (κ1) is 14.9. The first-order valence-electron chi connectivity index (χ1n) is 5.82. The van der Waals surface area contributed by atoms with Crippen molar-refractivity contribution >= 4 is 10.0 Å². The van der Waals surface area contributed by atoms with Crippen LogP contribution < -0.4 is 4.72 Å². The fourth-order valence-corrected chi connectivity index (χ4v) is 2.71. The zero-order valence-corrected chi connectivity index (χ0v) is 11.4. The maximum absolute atomic E-state index is 12.0. The summed E-state index contributed by atoms with van der Waals surface area (Å²) in [6.45, 7) is 6.55. The molecule has 0 atom stereocenters. The lowest BCUT2D eigenvalue weighted by atomic mass is 10.2. The fourth-order valence-electron chi connectivity index (χ4n) is 1.45. The summed E-state index contributed by atoms with van der Waals surface area (Å²) in [6, 6.07) is 6.89. The molecule has 0 saturated carbocycles. The van der Waals surface area contributed by atoms with Gasteiger partial charge in [-0.15, -0.1) is 6.58 Å². The van der Waals surface area contributed by atoms with Gasteiger partial charge in [0, 0.05) is 6.54 Å². The maximum atomic E-state index is 12.0. The van der Waals surface area contributed by atoms with Gasteiger partial charge in [-0.05, 0) is 25.0 Å². The largest absolute Gasteiger partial charge is 0.380 e. The smallest absolute Gasteiger partial charge is 0.240 e. The molecular weight excluding hydrogens is 250 g/mol. The van der Waals surface area contributed by atoms with Gasteiger partial charge in [0.25, 0.3) is 0 Å². The van der Waals surface area contributed by atoms with Crippen LogP contribution in [0.25, 0.3) is 0 Å². The molecule has 18 heavy (non-hydrogen) atoms. The highest BCUT2D eigenvalue weighted by Gasteiger charge is 2.14. The second-order valence-corrected chi connectivity index (χ2v) is 5.59. The van der Waals surface area contributed by atoms with Crippen LogP contribution in [0.15, 0.2) is 41.8 Å². The molecule has 0 aromatic heterocycles. The Balaban J connectivity index is 2.46. The number of nitrogens with one attached hydrogen (secondary N) is 1. The van der Waals surface area contributed by atoms with E-state index in [2.05, 4.69) is 11.3 Å². The lowest BCUT2D eigenvalue weighted by Gasteiger charge is -2.09. The van der Waals surface area contributed by atoms with Gasteiger partial charge in [0.2, 0.25) is 10.0 Å². The van der Waals surface area contributed by atoms with E-state index in [1.54, 1.807) is 31.2 Å². The highest BCUT2D eigenvalue weighted by atomic mass is 32.2. The van der Waals surface area contributed by atoms with Crippen molar-refractivity contribution in [3.8, 4) is 0 Å². The van der Waals surface area contributed by atoms with Gasteiger partial charge >= 0.3 is 0 Å². The van der Waals surface area contributed by atoms with Gasteiger partial charge in [0.1, 0.15) is 0 Å². The Labute approximate surface area is 109 Å². The van der Waals surface area contributed by atoms with Gasteiger partial charge in [0.05, 0.1) is 18.1 Å². The third-order valence-electron chi connectivity index (χ3n) is 2.39. The van der Waals surface area contributed by atoms with E-state index < -0.39 is 10.0 Å². The van der Waals surface area contributed by atoms with Crippen LogP contribution in [0.1, 0.15) is 12.0 Å². The van der Waals surface area contributed by atoms with Gasteiger partial charge < -0.3 is 4.74 Å². The number of rotatable bonds is 8. The van der Waals surface area contributed by atoms with Gasteiger partial charge in [0.15, 0.2) is 0 Å². The molecule has 0 fully saturated rings. The molecule has 1 aromatic carbocycles. The Morgan fingerprint density at radius 2 is 2.06 bits per heavy atom. The average Bonchev–Trinajstić information content (AvgIpc) is 2.34. The molecule has 4 nitrogen and oxygen atoms in total. The number of aryl methyl sites for hydroxylation is 1. The molecule has 1 aromatic rings. The monoisotopic (exact) mass is 269 g/mol. The number of ether oxygens (including phenoxy) is 1. The van der Waals surface area contributed by atoms with Gasteiger partial charge in [-0.25, -0.2) is 13.1 Å². The highest BCUT2D eigenvalue weighted by molar-refractivity contribution is 7.89. The molecule has 0 unspecified atom stereocenters. The van der Waals surface area contributed by atoms with Crippen LogP contribution in [0.3, 0.4) is 0 Å². The molecule has 0 aliphatic heterocycles. The molecule has 0 amide bonds. The first-order valence-corrected chi connectivity index (χ1v) is 7.30. The van der Waals surface area contributed by atoms with Crippen LogP contribution in [0.5, 0.6) is 0 Å². The standard InChI is InChI=1S/C13H19NO3S/c1-3-4-10-17-11-9-14-18(15,16)13-8-6-5-7-12(13)2/h3,5-8,14H,1,4,9-11H2,2H3. The van der Waals surface area contributed by atoms with Crippen LogP contribution in [-0.2, 0) is 14.8 Å². The Bertz CT molecular complexity index is 483. The molecule has 0 heterocycles. The van der Waals surface area contributed by atoms with E-state index in [1.165, 1.54) is 0 Å². The van der Waals surface area contributed by atoms with Crippen LogP contribution in [0.2, 0.25) is 0 Å². The quantitative estimate of drug-likeness (QED) is 0.579. The Morgan fingerprint density at radius 1 is 1.33 bits per heavy atom. The van der Waals surface area contributed by atoms with Crippen LogP contribution in [0.4, 0.5) is 0 Å². The molecule has 1 rings (SSSR count). The van der Waals surface area contributed by atoms with Crippen LogP contribution in [-0.4, -0.2) is 28.2 Å². The third kappa shape index (κ3) is 4.60. The third-order valence-corrected chi connectivity index (χ3v) is 4.01. The van der Waals surface area contributed by atoms with Gasteiger partial charge in [-0.3, -0.25) is 0 Å². The van der Waals surface area contributed by atoms with E-state index in [0.717, 1.165) is 12.0 Å². The first-order chi connectivity index (χ1) is 8.58. The van der Waals surface area contributed by atoms with Gasteiger partial charge in [-0.2, -0.15) is 0 Å². The SMILES string of the molecule is C=CCCOCCNS(=O)(=O)c1ccccc1C. The zero-order valence-electron chi connectivity index (χ0n) is 10.6. The number of hydrogen-bond donors (Lipinski definition) is 1. The molecule has 0 aliphatic carbocycles. The molecule has 5 heteroatoms. The maximum Gasteiger partial charge on any atom is 0.240 e. The van der Waals surface area contributed by atoms with E-state index >= 15 is 0 Å². The van der Waals surface area contributed by atoms with Crippen molar-refractivity contribution in [3.05, 3.63) is 42.5 Å². The van der Waals surface area contributed by atoms with Crippen molar-refractivity contribution in [1.82, 2.24) is 4.72 Å². The minimum Gasteiger partial charge on any atom is -0.380 e. The summed E-state index contributed by atoms with van der Waals surface area (Å²) in [5.41, 5.74) is 0.734. The topological polar surface area (TPSA) is 55.4 Å². The summed E-state index contributed by atoms with van der Waals surface area (Å²) in [5.74, 6) is 0. The van der Waals surface area contributed by atoms with E-state index in [9.17, 15) is 8.42 Å². The summed E-state index contributed by atoms with van der Waals surface area (Å²) >= 11 is 0. The Hall–Kier alpha value is -1.17. The highest BCUT2D eigenvalue weighted by Crippen LogP contribution is 2.13. The minimum absolute atomic E-state index is 0.272. The molecule has 0 radical (unpaired) electrons. The molecule has 0 aliphatic rings. The summed E-state index contributed by atoms with van der Waals surface area (Å²) < 4.78 is 31.7. The predicted molar refractivity (Wildman–Crippen MR) is 72.0 cm³/mol. The summed E-state index contributed by atoms with van der Waals surface area (Å²) in [5, 5.41) is 0. The second kappa shape index (κ2) is 7.31. The fraction of sp³-hybridized carbons (Fsp3) is 0.385. The van der Waals surface area contributed by atoms with Gasteiger partial charge in [-0.1, -0.05) is 24.3 Å². The van der Waals surface area contributed by atoms with E-state index in [0.29, 0.717) is 18.1 Å². The second-order valence-electron chi connectivity index (χ2n) is 3.85. The molecular formula is C13H19NO3S. The lowest BCUT2D eigenvalue weighted by Crippen LogP contribution is -2.28. The molecule has 0 bridgehead atoms. The van der Waals surface area contributed by atoms with Crippen molar-refractivity contribution in [2.45, 2.75) is 18.2 Å². The Kier molecular flexibility index (Phi) is 6.04. The van der Waals surface area contributed by atoms with Crippen molar-refractivity contribution < 1.29 is 13.2 Å². The van der Waals surface area contributed by atoms with Crippen LogP contribution >= 0.6 is 0 Å². The van der Waals surface area contributed by atoms with Crippen molar-refractivity contribution in [3.63, 3.8) is 0 Å². The van der Waals surface area contributed by atoms with Crippen molar-refractivity contribution in [2.75, 3.05) is 19.8 Å². The van der Waals surface area contributed by atoms with E-state index in [4.69, 9.17) is 4.74 Å². The lowest BCUT2D eigenvalue weighted by molar-refractivity contribution is 0.144. The minimum atomic E-state index is -3.43. The predicted octanol–water partition coefficient (Wildman–Crippen LogP) is 1.87. The summed E-state index contributed by atoms with van der Waals surface area (Å²) in [4.78, 5) is 0.316. The number of sulfonamides is 1. The van der Waals surface area contributed by atoms with E-state index in [-0.39, 0.29) is 6.54 Å². The molecule has 100 valence electrons. The molecule has 0 saturated heterocycles. The van der Waals surface area contributed by atoms with Crippen molar-refractivity contribution in [1.29, 1.82) is 0 Å². The normalized spacial score (nSPS) is 11.4. The summed E-state index contributed by atoms with van der Waals surface area (Å²) in [7, 11) is -3.43. The van der Waals surface area contributed by atoms with Crippen molar-refractivity contribution in [2.24, 2.45) is 0 Å². The van der Waals surface area contributed by atoms with Crippen LogP contribution in [0, 0.1) is 6.92 Å². The van der Waals surface area contributed by atoms with E-state index in [1.807, 2.05) is 6.07 Å². The average molecular weight is 269 g/mol. The Morgan fingerprint density at radius 3 is 2.72 bits per heavy atom. The molecule has 0 spiro atoms. The zero-order chi connectivity index (χ0) is 13.4. The molecule has 1 N–H and O–H groups in total. The summed E-state index contributed by atoms with van der Waals surface area (Å²) in [6.07, 6.45) is 2.53. The number of benzene rings is 1. The number of hydrogen-bond acceptors (Lipinski definition) is 3.